The van der Waals surface area contributed by atoms with E-state index in [-0.39, 0.29) is 0 Å². The van der Waals surface area contributed by atoms with Gasteiger partial charge >= 0.3 is 6.09 Å². The van der Waals surface area contributed by atoms with Crippen LogP contribution in [0.4, 0.5) is 10.5 Å². The molecular formula is C7H5NO2. The van der Waals surface area contributed by atoms with Gasteiger partial charge in [-0.15, -0.1) is 0 Å². The van der Waals surface area contributed by atoms with Crippen LogP contribution in [0.5, 0.6) is 5.75 Å². The number of ether oxygens (including phenoxy) is 1. The molecule has 0 aliphatic carbocycles. The highest BCUT2D eigenvalue weighted by atomic mass is 16.6. The molecule has 2 bridgehead atoms. The smallest absolute Gasteiger partial charge is 0.410 e. The Morgan fingerprint density at radius 1 is 1.40 bits per heavy atom. The Bertz CT molecular complexity index is 259. The van der Waals surface area contributed by atoms with Crippen molar-refractivity contribution < 1.29 is 9.53 Å². The maximum Gasteiger partial charge on any atom is 0.417 e. The number of hydrogen-bond acceptors (Lipinski definition) is 2. The number of benzene rings is 1. The molecule has 1 aliphatic rings. The number of nitrogens with one attached hydrogen (secondary N) is 1. The molecule has 10 heavy (non-hydrogen) atoms. The number of hydrogen-bond donors (Lipinski definition) is 1. The van der Waals surface area contributed by atoms with E-state index in [1.807, 2.05) is 12.1 Å². The Hall–Kier alpha value is -1.51. The SMILES string of the molecule is O=C1Nc2cccc(c2)O1. The minimum Gasteiger partial charge on any atom is -0.410 e. The summed E-state index contributed by atoms with van der Waals surface area (Å²) in [7, 11) is 0. The van der Waals surface area contributed by atoms with Gasteiger partial charge in [-0.3, -0.25) is 5.32 Å². The molecule has 50 valence electrons. The minimum atomic E-state index is -0.409. The molecule has 0 spiro atoms. The molecule has 0 fully saturated rings. The van der Waals surface area contributed by atoms with Crippen molar-refractivity contribution in [1.82, 2.24) is 0 Å². The summed E-state index contributed by atoms with van der Waals surface area (Å²) in [4.78, 5) is 10.6. The lowest BCUT2D eigenvalue weighted by atomic mass is 10.3. The monoisotopic (exact) mass is 135 g/mol. The summed E-state index contributed by atoms with van der Waals surface area (Å²) < 4.78 is 4.74. The van der Waals surface area contributed by atoms with E-state index in [2.05, 4.69) is 5.32 Å². The van der Waals surface area contributed by atoms with Crippen molar-refractivity contribution in [3.05, 3.63) is 24.3 Å². The van der Waals surface area contributed by atoms with Crippen molar-refractivity contribution in [3.8, 4) is 5.75 Å². The second-order valence-corrected chi connectivity index (χ2v) is 2.04. The Balaban J connectivity index is 2.52. The first kappa shape index (κ1) is 5.29. The number of rotatable bonds is 0. The van der Waals surface area contributed by atoms with Crippen LogP contribution in [0, 0.1) is 0 Å². The molecule has 1 aromatic carbocycles. The molecule has 1 aromatic rings. The summed E-state index contributed by atoms with van der Waals surface area (Å²) in [6.07, 6.45) is -0.409. The molecule has 1 amide bonds. The van der Waals surface area contributed by atoms with Gasteiger partial charge in [0.2, 0.25) is 0 Å². The topological polar surface area (TPSA) is 38.3 Å². The average Bonchev–Trinajstić information content (AvgIpc) is 1.85. The molecule has 3 heteroatoms. The molecule has 1 aliphatic heterocycles. The number of carbonyl (C=O) groups is 1. The van der Waals surface area contributed by atoms with Crippen molar-refractivity contribution in [1.29, 1.82) is 0 Å². The largest absolute Gasteiger partial charge is 0.417 e. The molecular weight excluding hydrogens is 130 g/mol. The Morgan fingerprint density at radius 2 is 2.30 bits per heavy atom. The normalized spacial score (nSPS) is 13.8. The van der Waals surface area contributed by atoms with Crippen LogP contribution in [-0.4, -0.2) is 6.09 Å². The summed E-state index contributed by atoms with van der Waals surface area (Å²) in [5, 5.41) is 2.52. The third kappa shape index (κ3) is 0.719. The van der Waals surface area contributed by atoms with Gasteiger partial charge in [0.25, 0.3) is 0 Å². The van der Waals surface area contributed by atoms with Gasteiger partial charge in [-0.25, -0.2) is 4.79 Å². The summed E-state index contributed by atoms with van der Waals surface area (Å²) >= 11 is 0. The molecule has 2 rings (SSSR count). The fraction of sp³-hybridized carbons (Fsp3) is 0. The van der Waals surface area contributed by atoms with Gasteiger partial charge in [0.05, 0.1) is 0 Å². The van der Waals surface area contributed by atoms with E-state index in [0.29, 0.717) is 5.75 Å². The maximum atomic E-state index is 10.6. The van der Waals surface area contributed by atoms with Crippen LogP contribution in [0.25, 0.3) is 0 Å². The van der Waals surface area contributed by atoms with Crippen molar-refractivity contribution in [2.75, 3.05) is 5.32 Å². The van der Waals surface area contributed by atoms with Gasteiger partial charge in [0, 0.05) is 11.8 Å². The number of anilines is 1. The van der Waals surface area contributed by atoms with Gasteiger partial charge < -0.3 is 4.74 Å². The van der Waals surface area contributed by atoms with E-state index in [9.17, 15) is 4.79 Å². The van der Waals surface area contributed by atoms with E-state index in [4.69, 9.17) is 4.74 Å². The number of carbonyl (C=O) groups excluding carboxylic acids is 1. The molecule has 1 N–H and O–H groups in total. The minimum absolute atomic E-state index is 0.409. The van der Waals surface area contributed by atoms with Gasteiger partial charge in [-0.2, -0.15) is 0 Å². The standard InChI is InChI=1S/C7H5NO2/c9-7-8-5-2-1-3-6(4-5)10-7/h1-4H,(H,8,9). The lowest BCUT2D eigenvalue weighted by Crippen LogP contribution is -2.19. The predicted molar refractivity (Wildman–Crippen MR) is 36.1 cm³/mol. The fourth-order valence-corrected chi connectivity index (χ4v) is 0.888. The van der Waals surface area contributed by atoms with Gasteiger partial charge in [0.1, 0.15) is 5.75 Å². The van der Waals surface area contributed by atoms with Crippen molar-refractivity contribution in [2.45, 2.75) is 0 Å². The molecule has 0 unspecified atom stereocenters. The highest BCUT2D eigenvalue weighted by molar-refractivity contribution is 5.89. The van der Waals surface area contributed by atoms with Gasteiger partial charge in [-0.1, -0.05) is 6.07 Å². The lowest BCUT2D eigenvalue weighted by Gasteiger charge is -2.12. The maximum absolute atomic E-state index is 10.6. The third-order valence-electron chi connectivity index (χ3n) is 1.29. The predicted octanol–water partition coefficient (Wildman–Crippen LogP) is 1.61. The van der Waals surface area contributed by atoms with Crippen LogP contribution in [0.3, 0.4) is 0 Å². The third-order valence-corrected chi connectivity index (χ3v) is 1.29. The number of fused-ring (bicyclic) bond motifs is 2. The second-order valence-electron chi connectivity index (χ2n) is 2.04. The first-order valence-electron chi connectivity index (χ1n) is 2.93. The molecule has 0 radical (unpaired) electrons. The summed E-state index contributed by atoms with van der Waals surface area (Å²) in [5.74, 6) is 0.598. The molecule has 0 saturated heterocycles. The van der Waals surface area contributed by atoms with E-state index in [1.165, 1.54) is 0 Å². The van der Waals surface area contributed by atoms with Crippen LogP contribution < -0.4 is 10.1 Å². The highest BCUT2D eigenvalue weighted by Crippen LogP contribution is 2.21. The molecule has 0 atom stereocenters. The van der Waals surface area contributed by atoms with E-state index < -0.39 is 6.09 Å². The second kappa shape index (κ2) is 1.73. The zero-order valence-electron chi connectivity index (χ0n) is 5.13. The fourth-order valence-electron chi connectivity index (χ4n) is 0.888. The Morgan fingerprint density at radius 3 is 3.10 bits per heavy atom. The van der Waals surface area contributed by atoms with Crippen LogP contribution >= 0.6 is 0 Å². The zero-order valence-corrected chi connectivity index (χ0v) is 5.13. The van der Waals surface area contributed by atoms with Gasteiger partial charge in [0.15, 0.2) is 0 Å². The quantitative estimate of drug-likeness (QED) is 0.586. The van der Waals surface area contributed by atoms with Crippen LogP contribution in [0.1, 0.15) is 0 Å². The molecule has 1 heterocycles. The molecule has 3 nitrogen and oxygen atoms in total. The Kier molecular flexibility index (Phi) is 0.917. The van der Waals surface area contributed by atoms with Crippen LogP contribution in [-0.2, 0) is 0 Å². The first-order chi connectivity index (χ1) is 4.84. The summed E-state index contributed by atoms with van der Waals surface area (Å²) in [6, 6.07) is 7.14. The summed E-state index contributed by atoms with van der Waals surface area (Å²) in [6.45, 7) is 0. The van der Waals surface area contributed by atoms with Crippen molar-refractivity contribution in [3.63, 3.8) is 0 Å². The summed E-state index contributed by atoms with van der Waals surface area (Å²) in [5.41, 5.74) is 0.786. The van der Waals surface area contributed by atoms with E-state index in [1.54, 1.807) is 12.1 Å². The van der Waals surface area contributed by atoms with Crippen molar-refractivity contribution >= 4 is 11.8 Å². The van der Waals surface area contributed by atoms with Crippen molar-refractivity contribution in [2.24, 2.45) is 0 Å². The van der Waals surface area contributed by atoms with Gasteiger partial charge in [-0.05, 0) is 12.1 Å². The van der Waals surface area contributed by atoms with Crippen LogP contribution in [0.2, 0.25) is 0 Å². The highest BCUT2D eigenvalue weighted by Gasteiger charge is 2.10. The van der Waals surface area contributed by atoms with E-state index >= 15 is 0 Å². The average molecular weight is 135 g/mol. The zero-order chi connectivity index (χ0) is 6.97. The first-order valence-corrected chi connectivity index (χ1v) is 2.93. The lowest BCUT2D eigenvalue weighted by molar-refractivity contribution is 0.214. The van der Waals surface area contributed by atoms with Crippen LogP contribution in [0.15, 0.2) is 24.3 Å². The Labute approximate surface area is 57.6 Å². The van der Waals surface area contributed by atoms with E-state index in [0.717, 1.165) is 5.69 Å². The molecule has 0 aromatic heterocycles. The molecule has 0 saturated carbocycles. The number of amides is 1.